The van der Waals surface area contributed by atoms with Crippen LogP contribution in [0.25, 0.3) is 0 Å². The topological polar surface area (TPSA) is 49.8 Å². The molecule has 4 heteroatoms. The minimum absolute atomic E-state index is 0.250. The molecule has 0 aliphatic carbocycles. The van der Waals surface area contributed by atoms with E-state index in [-0.39, 0.29) is 5.56 Å². The van der Waals surface area contributed by atoms with Crippen LogP contribution in [-0.4, -0.2) is 42.2 Å². The zero-order valence-electron chi connectivity index (χ0n) is 11.6. The molecule has 19 heavy (non-hydrogen) atoms. The van der Waals surface area contributed by atoms with Crippen molar-refractivity contribution >= 4 is 5.97 Å². The maximum atomic E-state index is 11.2. The van der Waals surface area contributed by atoms with Gasteiger partial charge in [0.2, 0.25) is 0 Å². The van der Waals surface area contributed by atoms with Crippen molar-refractivity contribution in [1.29, 1.82) is 0 Å². The molecule has 0 bridgehead atoms. The smallest absolute Gasteiger partial charge is 0.339 e. The number of nitrogens with zero attached hydrogens (tertiary/aromatic N) is 1. The average Bonchev–Trinajstić information content (AvgIpc) is 2.77. The minimum Gasteiger partial charge on any atom is -0.492 e. The van der Waals surface area contributed by atoms with Gasteiger partial charge in [0, 0.05) is 6.04 Å². The highest BCUT2D eigenvalue weighted by Gasteiger charge is 2.21. The van der Waals surface area contributed by atoms with E-state index in [2.05, 4.69) is 11.9 Å². The summed E-state index contributed by atoms with van der Waals surface area (Å²) in [6, 6.07) is 5.78. The number of aryl methyl sites for hydroxylation is 1. The summed E-state index contributed by atoms with van der Waals surface area (Å²) in [7, 11) is 2.13. The van der Waals surface area contributed by atoms with Gasteiger partial charge < -0.3 is 14.7 Å². The maximum absolute atomic E-state index is 11.2. The molecule has 1 heterocycles. The van der Waals surface area contributed by atoms with Crippen molar-refractivity contribution in [3.8, 4) is 5.75 Å². The van der Waals surface area contributed by atoms with Crippen LogP contribution in [0.3, 0.4) is 0 Å². The van der Waals surface area contributed by atoms with E-state index in [9.17, 15) is 4.79 Å². The van der Waals surface area contributed by atoms with Crippen LogP contribution in [0.2, 0.25) is 0 Å². The molecule has 0 saturated carbocycles. The second kappa shape index (κ2) is 6.06. The Morgan fingerprint density at radius 1 is 1.53 bits per heavy atom. The number of carboxylic acid groups (broad SMARTS) is 1. The summed E-state index contributed by atoms with van der Waals surface area (Å²) in [6.45, 7) is 3.60. The maximum Gasteiger partial charge on any atom is 0.339 e. The van der Waals surface area contributed by atoms with E-state index in [1.165, 1.54) is 12.8 Å². The van der Waals surface area contributed by atoms with Gasteiger partial charge in [0.1, 0.15) is 11.3 Å². The molecule has 1 atom stereocenters. The van der Waals surface area contributed by atoms with Crippen molar-refractivity contribution in [3.63, 3.8) is 0 Å². The van der Waals surface area contributed by atoms with Gasteiger partial charge in [-0.25, -0.2) is 4.79 Å². The predicted molar refractivity (Wildman–Crippen MR) is 73.9 cm³/mol. The highest BCUT2D eigenvalue weighted by atomic mass is 16.5. The molecule has 2 rings (SSSR count). The zero-order chi connectivity index (χ0) is 13.8. The van der Waals surface area contributed by atoms with E-state index in [4.69, 9.17) is 9.84 Å². The third-order valence-corrected chi connectivity index (χ3v) is 3.81. The second-order valence-electron chi connectivity index (χ2n) is 5.17. The largest absolute Gasteiger partial charge is 0.492 e. The Hall–Kier alpha value is -1.55. The number of hydrogen-bond acceptors (Lipinski definition) is 3. The van der Waals surface area contributed by atoms with E-state index in [1.54, 1.807) is 12.1 Å². The first kappa shape index (κ1) is 13.9. The predicted octanol–water partition coefficient (Wildman–Crippen LogP) is 2.56. The summed E-state index contributed by atoms with van der Waals surface area (Å²) < 4.78 is 5.73. The third-order valence-electron chi connectivity index (χ3n) is 3.81. The standard InChI is InChI=1S/C15H21NO3/c1-11-5-3-7-13(15(17)18)14(11)19-10-8-12-6-4-9-16(12)2/h3,5,7,12H,4,6,8-10H2,1-2H3,(H,17,18). The molecule has 4 nitrogen and oxygen atoms in total. The van der Waals surface area contributed by atoms with Crippen LogP contribution in [0, 0.1) is 6.92 Å². The molecule has 1 saturated heterocycles. The lowest BCUT2D eigenvalue weighted by Gasteiger charge is -2.20. The van der Waals surface area contributed by atoms with Crippen LogP contribution in [0.4, 0.5) is 0 Å². The fraction of sp³-hybridized carbons (Fsp3) is 0.533. The van der Waals surface area contributed by atoms with Gasteiger partial charge in [-0.1, -0.05) is 12.1 Å². The number of benzene rings is 1. The van der Waals surface area contributed by atoms with Crippen LogP contribution >= 0.6 is 0 Å². The molecule has 0 amide bonds. The first-order chi connectivity index (χ1) is 9.09. The Morgan fingerprint density at radius 3 is 2.95 bits per heavy atom. The number of carbonyl (C=O) groups is 1. The lowest BCUT2D eigenvalue weighted by atomic mass is 10.1. The normalized spacial score (nSPS) is 19.6. The summed E-state index contributed by atoms with van der Waals surface area (Å²) in [4.78, 5) is 13.5. The molecule has 1 aromatic rings. The summed E-state index contributed by atoms with van der Waals surface area (Å²) in [5.74, 6) is -0.424. The molecule has 1 aliphatic rings. The van der Waals surface area contributed by atoms with Gasteiger partial charge >= 0.3 is 5.97 Å². The van der Waals surface area contributed by atoms with E-state index < -0.39 is 5.97 Å². The van der Waals surface area contributed by atoms with E-state index >= 15 is 0 Å². The average molecular weight is 263 g/mol. The Balaban J connectivity index is 1.97. The van der Waals surface area contributed by atoms with Crippen LogP contribution in [0.1, 0.15) is 35.2 Å². The van der Waals surface area contributed by atoms with E-state index in [1.807, 2.05) is 13.0 Å². The van der Waals surface area contributed by atoms with Gasteiger partial charge in [0.05, 0.1) is 6.61 Å². The van der Waals surface area contributed by atoms with Crippen LogP contribution < -0.4 is 4.74 Å². The quantitative estimate of drug-likeness (QED) is 0.887. The molecule has 104 valence electrons. The molecule has 1 aliphatic heterocycles. The highest BCUT2D eigenvalue weighted by Crippen LogP contribution is 2.24. The van der Waals surface area contributed by atoms with Crippen LogP contribution in [0.5, 0.6) is 5.75 Å². The fourth-order valence-corrected chi connectivity index (χ4v) is 2.65. The molecule has 1 aromatic carbocycles. The number of rotatable bonds is 5. The molecule has 0 radical (unpaired) electrons. The fourth-order valence-electron chi connectivity index (χ4n) is 2.65. The first-order valence-corrected chi connectivity index (χ1v) is 6.75. The molecule has 0 aromatic heterocycles. The number of hydrogen-bond donors (Lipinski definition) is 1. The number of likely N-dealkylation sites (tertiary alicyclic amines) is 1. The monoisotopic (exact) mass is 263 g/mol. The lowest BCUT2D eigenvalue weighted by Crippen LogP contribution is -2.26. The third kappa shape index (κ3) is 3.26. The van der Waals surface area contributed by atoms with Crippen LogP contribution in [0.15, 0.2) is 18.2 Å². The van der Waals surface area contributed by atoms with Crippen molar-refractivity contribution in [2.75, 3.05) is 20.2 Å². The Morgan fingerprint density at radius 2 is 2.32 bits per heavy atom. The van der Waals surface area contributed by atoms with Crippen molar-refractivity contribution in [1.82, 2.24) is 4.90 Å². The Kier molecular flexibility index (Phi) is 4.43. The molecule has 1 fully saturated rings. The summed E-state index contributed by atoms with van der Waals surface area (Å²) >= 11 is 0. The molecule has 1 unspecified atom stereocenters. The number of carboxylic acids is 1. The first-order valence-electron chi connectivity index (χ1n) is 6.75. The molecular formula is C15H21NO3. The van der Waals surface area contributed by atoms with Crippen molar-refractivity contribution in [2.45, 2.75) is 32.2 Å². The summed E-state index contributed by atoms with van der Waals surface area (Å²) in [6.07, 6.45) is 3.40. The summed E-state index contributed by atoms with van der Waals surface area (Å²) in [5, 5.41) is 9.15. The molecule has 1 N–H and O–H groups in total. The van der Waals surface area contributed by atoms with Gasteiger partial charge in [0.25, 0.3) is 0 Å². The minimum atomic E-state index is -0.934. The van der Waals surface area contributed by atoms with Crippen molar-refractivity contribution in [2.24, 2.45) is 0 Å². The number of aromatic carboxylic acids is 1. The van der Waals surface area contributed by atoms with Crippen molar-refractivity contribution in [3.05, 3.63) is 29.3 Å². The SMILES string of the molecule is Cc1cccc(C(=O)O)c1OCCC1CCCN1C. The summed E-state index contributed by atoms with van der Waals surface area (Å²) in [5.41, 5.74) is 1.12. The molecular weight excluding hydrogens is 242 g/mol. The Labute approximate surface area is 114 Å². The van der Waals surface area contributed by atoms with Gasteiger partial charge in [-0.2, -0.15) is 0 Å². The second-order valence-corrected chi connectivity index (χ2v) is 5.17. The van der Waals surface area contributed by atoms with Crippen LogP contribution in [-0.2, 0) is 0 Å². The van der Waals surface area contributed by atoms with Gasteiger partial charge in [-0.05, 0) is 51.4 Å². The van der Waals surface area contributed by atoms with Gasteiger partial charge in [0.15, 0.2) is 0 Å². The highest BCUT2D eigenvalue weighted by molar-refractivity contribution is 5.91. The Bertz CT molecular complexity index is 459. The zero-order valence-corrected chi connectivity index (χ0v) is 11.6. The van der Waals surface area contributed by atoms with Gasteiger partial charge in [-0.3, -0.25) is 0 Å². The number of ether oxygens (including phenoxy) is 1. The number of para-hydroxylation sites is 1. The lowest BCUT2D eigenvalue weighted by molar-refractivity contribution is 0.0691. The van der Waals surface area contributed by atoms with Gasteiger partial charge in [-0.15, -0.1) is 0 Å². The van der Waals surface area contributed by atoms with E-state index in [0.717, 1.165) is 18.5 Å². The molecule has 0 spiro atoms. The van der Waals surface area contributed by atoms with E-state index in [0.29, 0.717) is 18.4 Å². The van der Waals surface area contributed by atoms with Crippen molar-refractivity contribution < 1.29 is 14.6 Å².